The third kappa shape index (κ3) is 5.07. The first-order valence-corrected chi connectivity index (χ1v) is 7.33. The fraction of sp³-hybridized carbons (Fsp3) is 0.714. The molecule has 1 fully saturated rings. The van der Waals surface area contributed by atoms with Crippen LogP contribution in [0.3, 0.4) is 0 Å². The van der Waals surface area contributed by atoms with E-state index in [9.17, 15) is 37.5 Å². The van der Waals surface area contributed by atoms with Gasteiger partial charge in [0.05, 0.1) is 13.2 Å². The molecule has 1 saturated carbocycles. The van der Waals surface area contributed by atoms with Gasteiger partial charge in [-0.25, -0.2) is 4.79 Å². The van der Waals surface area contributed by atoms with Crippen LogP contribution in [-0.4, -0.2) is 66.1 Å². The fourth-order valence-corrected chi connectivity index (χ4v) is 2.73. The highest BCUT2D eigenvalue weighted by Gasteiger charge is 2.56. The Morgan fingerprint density at radius 2 is 1.69 bits per heavy atom. The molecule has 0 aliphatic heterocycles. The molecule has 1 aliphatic carbocycles. The number of rotatable bonds is 4. The average Bonchev–Trinajstić information content (AvgIpc) is 2.48. The summed E-state index contributed by atoms with van der Waals surface area (Å²) in [4.78, 5) is 45.9. The van der Waals surface area contributed by atoms with Crippen LogP contribution in [0, 0.1) is 0 Å². The lowest BCUT2D eigenvalue weighted by molar-refractivity contribution is -0.203. The number of halogens is 3. The van der Waals surface area contributed by atoms with E-state index in [0.717, 1.165) is 21.0 Å². The van der Waals surface area contributed by atoms with Crippen LogP contribution in [0.15, 0.2) is 0 Å². The molecule has 12 heteroatoms. The lowest BCUT2D eigenvalue weighted by atomic mass is 9.77. The van der Waals surface area contributed by atoms with E-state index in [1.54, 1.807) is 0 Å². The molecule has 2 N–H and O–H groups in total. The quantitative estimate of drug-likeness (QED) is 0.494. The van der Waals surface area contributed by atoms with E-state index < -0.39 is 66.7 Å². The fourth-order valence-electron chi connectivity index (χ4n) is 2.73. The second-order valence-electron chi connectivity index (χ2n) is 5.70. The normalized spacial score (nSPS) is 28.7. The molecule has 1 rings (SSSR count). The van der Waals surface area contributed by atoms with Gasteiger partial charge in [-0.2, -0.15) is 13.2 Å². The van der Waals surface area contributed by atoms with Gasteiger partial charge in [-0.1, -0.05) is 0 Å². The minimum Gasteiger partial charge on any atom is -0.466 e. The molecular weight excluding hydrogens is 367 g/mol. The Morgan fingerprint density at radius 3 is 2.12 bits per heavy atom. The molecule has 4 atom stereocenters. The summed E-state index contributed by atoms with van der Waals surface area (Å²) in [5.41, 5.74) is -2.15. The van der Waals surface area contributed by atoms with Crippen molar-refractivity contribution in [2.75, 3.05) is 7.11 Å². The Morgan fingerprint density at radius 1 is 1.12 bits per heavy atom. The van der Waals surface area contributed by atoms with Gasteiger partial charge in [0.1, 0.15) is 12.2 Å². The molecule has 1 aliphatic rings. The molecule has 9 nitrogen and oxygen atoms in total. The zero-order chi connectivity index (χ0) is 20.3. The number of carbonyl (C=O) groups is 4. The molecule has 0 heterocycles. The topological polar surface area (TPSA) is 128 Å². The van der Waals surface area contributed by atoms with Gasteiger partial charge in [0.2, 0.25) is 5.60 Å². The molecule has 0 saturated heterocycles. The predicted octanol–water partition coefficient (Wildman–Crippen LogP) is -0.405. The Bertz CT molecular complexity index is 593. The van der Waals surface area contributed by atoms with Crippen molar-refractivity contribution in [3.8, 4) is 0 Å². The maximum atomic E-state index is 12.5. The number of esters is 3. The largest absolute Gasteiger partial charge is 0.471 e. The van der Waals surface area contributed by atoms with E-state index in [1.165, 1.54) is 5.32 Å². The molecule has 0 aromatic carbocycles. The number of methoxy groups -OCH3 is 1. The van der Waals surface area contributed by atoms with Crippen LogP contribution in [0.25, 0.3) is 0 Å². The molecule has 0 unspecified atom stereocenters. The molecule has 0 aromatic heterocycles. The van der Waals surface area contributed by atoms with Gasteiger partial charge in [-0.15, -0.1) is 0 Å². The van der Waals surface area contributed by atoms with Gasteiger partial charge in [0.25, 0.3) is 0 Å². The van der Waals surface area contributed by atoms with E-state index in [2.05, 4.69) is 4.74 Å². The van der Waals surface area contributed by atoms with Crippen LogP contribution in [0.2, 0.25) is 0 Å². The van der Waals surface area contributed by atoms with Crippen LogP contribution in [0.1, 0.15) is 26.7 Å². The number of aliphatic hydroxyl groups is 1. The molecule has 0 spiro atoms. The van der Waals surface area contributed by atoms with E-state index in [0.29, 0.717) is 0 Å². The standard InChI is InChI=1S/C14H18F3NO8/c1-6(19)25-9-5-13(12(23)24-3,26-7(2)20)4-8(10(9)21)18-11(22)14(15,16)17/h8-10,21H,4-5H2,1-3H3,(H,18,22)/t8-,9+,10-,13-/m0/s1. The van der Waals surface area contributed by atoms with Crippen molar-refractivity contribution in [1.29, 1.82) is 0 Å². The summed E-state index contributed by atoms with van der Waals surface area (Å²) in [7, 11) is 0.947. The summed E-state index contributed by atoms with van der Waals surface area (Å²) < 4.78 is 51.8. The summed E-state index contributed by atoms with van der Waals surface area (Å²) in [5.74, 6) is -5.39. The molecule has 0 bridgehead atoms. The maximum Gasteiger partial charge on any atom is 0.471 e. The van der Waals surface area contributed by atoms with Crippen molar-refractivity contribution < 1.29 is 51.7 Å². The Hall–Kier alpha value is -2.37. The number of nitrogens with one attached hydrogen (secondary N) is 1. The predicted molar refractivity (Wildman–Crippen MR) is 75.3 cm³/mol. The third-order valence-electron chi connectivity index (χ3n) is 3.66. The molecular formula is C14H18F3NO8. The Labute approximate surface area is 145 Å². The Kier molecular flexibility index (Phi) is 6.58. The number of hydrogen-bond donors (Lipinski definition) is 2. The van der Waals surface area contributed by atoms with Gasteiger partial charge in [-0.05, 0) is 0 Å². The zero-order valence-electron chi connectivity index (χ0n) is 14.1. The summed E-state index contributed by atoms with van der Waals surface area (Å²) in [6.07, 6.45) is -9.83. The highest BCUT2D eigenvalue weighted by Crippen LogP contribution is 2.36. The smallest absolute Gasteiger partial charge is 0.466 e. The SMILES string of the molecule is COC(=O)[C@]1(OC(C)=O)C[C@H](NC(=O)C(F)(F)F)[C@H](O)[C@H](OC(C)=O)C1. The second-order valence-corrected chi connectivity index (χ2v) is 5.70. The molecule has 1 amide bonds. The van der Waals surface area contributed by atoms with Crippen LogP contribution in [0.5, 0.6) is 0 Å². The minimum atomic E-state index is -5.26. The summed E-state index contributed by atoms with van der Waals surface area (Å²) in [5, 5.41) is 11.7. The number of aliphatic hydroxyl groups excluding tert-OH is 1. The third-order valence-corrected chi connectivity index (χ3v) is 3.66. The van der Waals surface area contributed by atoms with Crippen LogP contribution >= 0.6 is 0 Å². The summed E-state index contributed by atoms with van der Waals surface area (Å²) in [6, 6.07) is -1.71. The van der Waals surface area contributed by atoms with Crippen LogP contribution < -0.4 is 5.32 Å². The summed E-state index contributed by atoms with van der Waals surface area (Å²) in [6.45, 7) is 1.91. The van der Waals surface area contributed by atoms with Gasteiger partial charge in [-0.3, -0.25) is 14.4 Å². The number of amides is 1. The first-order chi connectivity index (χ1) is 11.8. The molecule has 148 valence electrons. The van der Waals surface area contributed by atoms with Crippen molar-refractivity contribution in [3.63, 3.8) is 0 Å². The maximum absolute atomic E-state index is 12.5. The van der Waals surface area contributed by atoms with E-state index >= 15 is 0 Å². The van der Waals surface area contributed by atoms with E-state index in [-0.39, 0.29) is 0 Å². The molecule has 0 aromatic rings. The lowest BCUT2D eigenvalue weighted by Gasteiger charge is -2.43. The van der Waals surface area contributed by atoms with Gasteiger partial charge >= 0.3 is 30.0 Å². The van der Waals surface area contributed by atoms with E-state index in [4.69, 9.17) is 9.47 Å². The first kappa shape index (κ1) is 21.7. The van der Waals surface area contributed by atoms with Crippen molar-refractivity contribution in [2.24, 2.45) is 0 Å². The van der Waals surface area contributed by atoms with Crippen molar-refractivity contribution in [2.45, 2.75) is 56.7 Å². The van der Waals surface area contributed by atoms with Crippen LogP contribution in [-0.2, 0) is 33.4 Å². The number of carbonyl (C=O) groups excluding carboxylic acids is 4. The average molecular weight is 385 g/mol. The van der Waals surface area contributed by atoms with Crippen molar-refractivity contribution >= 4 is 23.8 Å². The lowest BCUT2D eigenvalue weighted by Crippen LogP contribution is -2.64. The van der Waals surface area contributed by atoms with Crippen LogP contribution in [0.4, 0.5) is 13.2 Å². The number of hydrogen-bond acceptors (Lipinski definition) is 8. The minimum absolute atomic E-state index is 0.557. The molecule has 0 radical (unpaired) electrons. The number of alkyl halides is 3. The zero-order valence-corrected chi connectivity index (χ0v) is 14.1. The number of ether oxygens (including phenoxy) is 3. The molecule has 26 heavy (non-hydrogen) atoms. The van der Waals surface area contributed by atoms with Gasteiger partial charge < -0.3 is 24.6 Å². The summed E-state index contributed by atoms with van der Waals surface area (Å²) >= 11 is 0. The highest BCUT2D eigenvalue weighted by molar-refractivity contribution is 5.84. The second kappa shape index (κ2) is 7.89. The van der Waals surface area contributed by atoms with Gasteiger partial charge in [0.15, 0.2) is 0 Å². The Balaban J connectivity index is 3.26. The first-order valence-electron chi connectivity index (χ1n) is 7.33. The van der Waals surface area contributed by atoms with Gasteiger partial charge in [0, 0.05) is 26.7 Å². The van der Waals surface area contributed by atoms with Crippen molar-refractivity contribution in [1.82, 2.24) is 5.32 Å². The van der Waals surface area contributed by atoms with E-state index in [1.807, 2.05) is 0 Å². The monoisotopic (exact) mass is 385 g/mol. The highest BCUT2D eigenvalue weighted by atomic mass is 19.4. The van der Waals surface area contributed by atoms with Crippen molar-refractivity contribution in [3.05, 3.63) is 0 Å².